The molecule has 0 aliphatic heterocycles. The average molecular weight is 299 g/mol. The lowest BCUT2D eigenvalue weighted by Gasteiger charge is -2.17. The van der Waals surface area contributed by atoms with Gasteiger partial charge in [-0.05, 0) is 31.0 Å². The number of benzene rings is 2. The first-order chi connectivity index (χ1) is 10.2. The first kappa shape index (κ1) is 15.6. The van der Waals surface area contributed by atoms with Gasteiger partial charge in [-0.2, -0.15) is 0 Å². The molecule has 0 saturated heterocycles. The summed E-state index contributed by atoms with van der Waals surface area (Å²) in [5.74, 6) is 0.531. The van der Waals surface area contributed by atoms with Crippen LogP contribution in [-0.2, 0) is 4.79 Å². The summed E-state index contributed by atoms with van der Waals surface area (Å²) in [6, 6.07) is 18.5. The minimum Gasteiger partial charge on any atom is -0.349 e. The lowest BCUT2D eigenvalue weighted by molar-refractivity contribution is -0.119. The molecular weight excluding hydrogens is 278 g/mol. The minimum absolute atomic E-state index is 0.0799. The molecule has 1 N–H and O–H groups in total. The molecule has 2 nitrogen and oxygen atoms in total. The largest absolute Gasteiger partial charge is 0.349 e. The second-order valence-corrected chi connectivity index (χ2v) is 6.09. The van der Waals surface area contributed by atoms with E-state index < -0.39 is 0 Å². The van der Waals surface area contributed by atoms with Crippen molar-refractivity contribution in [2.75, 3.05) is 5.75 Å². The Bertz CT molecular complexity index is 566. The number of carbonyl (C=O) groups is 1. The molecule has 1 amide bonds. The van der Waals surface area contributed by atoms with Crippen molar-refractivity contribution in [2.24, 2.45) is 0 Å². The molecule has 0 aromatic heterocycles. The highest BCUT2D eigenvalue weighted by Crippen LogP contribution is 2.20. The quantitative estimate of drug-likeness (QED) is 0.803. The first-order valence-electron chi connectivity index (χ1n) is 7.23. The standard InChI is InChI=1S/C18H21NOS/c1-3-17(15-7-5-4-6-8-15)19-18(20)13-21-16-11-9-14(2)10-12-16/h4-12,17H,3,13H2,1-2H3,(H,19,20)/t17-/m1/s1. The van der Waals surface area contributed by atoms with Crippen molar-refractivity contribution in [3.63, 3.8) is 0 Å². The zero-order chi connectivity index (χ0) is 15.1. The Balaban J connectivity index is 1.87. The summed E-state index contributed by atoms with van der Waals surface area (Å²) in [5.41, 5.74) is 2.40. The number of amides is 1. The Morgan fingerprint density at radius 2 is 1.76 bits per heavy atom. The molecule has 0 bridgehead atoms. The normalized spacial score (nSPS) is 11.9. The Morgan fingerprint density at radius 3 is 2.38 bits per heavy atom. The summed E-state index contributed by atoms with van der Waals surface area (Å²) >= 11 is 1.57. The minimum atomic E-state index is 0.0799. The number of nitrogens with one attached hydrogen (secondary N) is 1. The van der Waals surface area contributed by atoms with Gasteiger partial charge in [-0.3, -0.25) is 4.79 Å². The van der Waals surface area contributed by atoms with Gasteiger partial charge in [0.15, 0.2) is 0 Å². The highest BCUT2D eigenvalue weighted by Gasteiger charge is 2.12. The van der Waals surface area contributed by atoms with Crippen LogP contribution < -0.4 is 5.32 Å². The molecule has 0 aliphatic carbocycles. The third-order valence-electron chi connectivity index (χ3n) is 3.34. The number of rotatable bonds is 6. The van der Waals surface area contributed by atoms with Gasteiger partial charge in [0.25, 0.3) is 0 Å². The van der Waals surface area contributed by atoms with Crippen LogP contribution in [0.2, 0.25) is 0 Å². The topological polar surface area (TPSA) is 29.1 Å². The van der Waals surface area contributed by atoms with E-state index in [0.29, 0.717) is 5.75 Å². The van der Waals surface area contributed by atoms with Crippen LogP contribution in [0.1, 0.15) is 30.5 Å². The molecule has 3 heteroatoms. The van der Waals surface area contributed by atoms with Crippen LogP contribution in [0.4, 0.5) is 0 Å². The third-order valence-corrected chi connectivity index (χ3v) is 4.35. The van der Waals surface area contributed by atoms with Gasteiger partial charge in [-0.1, -0.05) is 55.0 Å². The fraction of sp³-hybridized carbons (Fsp3) is 0.278. The summed E-state index contributed by atoms with van der Waals surface area (Å²) < 4.78 is 0. The maximum Gasteiger partial charge on any atom is 0.230 e. The maximum atomic E-state index is 12.1. The zero-order valence-corrected chi connectivity index (χ0v) is 13.3. The van der Waals surface area contributed by atoms with Gasteiger partial charge in [-0.25, -0.2) is 0 Å². The molecule has 0 spiro atoms. The van der Waals surface area contributed by atoms with Crippen molar-refractivity contribution >= 4 is 17.7 Å². The fourth-order valence-electron chi connectivity index (χ4n) is 2.13. The molecular formula is C18H21NOS. The molecule has 110 valence electrons. The van der Waals surface area contributed by atoms with E-state index in [1.54, 1.807) is 11.8 Å². The van der Waals surface area contributed by atoms with E-state index in [9.17, 15) is 4.79 Å². The second kappa shape index (κ2) is 7.89. The SMILES string of the molecule is CC[C@@H](NC(=O)CSc1ccc(C)cc1)c1ccccc1. The van der Waals surface area contributed by atoms with Crippen molar-refractivity contribution < 1.29 is 4.79 Å². The van der Waals surface area contributed by atoms with Crippen LogP contribution >= 0.6 is 11.8 Å². The molecule has 0 radical (unpaired) electrons. The Hall–Kier alpha value is -1.74. The number of hydrogen-bond donors (Lipinski definition) is 1. The van der Waals surface area contributed by atoms with Gasteiger partial charge in [0.2, 0.25) is 5.91 Å². The number of aryl methyl sites for hydroxylation is 1. The molecule has 2 aromatic rings. The van der Waals surface area contributed by atoms with Gasteiger partial charge in [-0.15, -0.1) is 11.8 Å². The Morgan fingerprint density at radius 1 is 1.10 bits per heavy atom. The summed E-state index contributed by atoms with van der Waals surface area (Å²) in [6.07, 6.45) is 0.894. The molecule has 0 aliphatic rings. The third kappa shape index (κ3) is 4.94. The number of thioether (sulfide) groups is 1. The smallest absolute Gasteiger partial charge is 0.230 e. The number of hydrogen-bond acceptors (Lipinski definition) is 2. The molecule has 21 heavy (non-hydrogen) atoms. The predicted octanol–water partition coefficient (Wildman–Crippen LogP) is 4.35. The Labute approximate surface area is 131 Å². The summed E-state index contributed by atoms with van der Waals surface area (Å²) in [5, 5.41) is 3.10. The maximum absolute atomic E-state index is 12.1. The lowest BCUT2D eigenvalue weighted by atomic mass is 10.0. The highest BCUT2D eigenvalue weighted by molar-refractivity contribution is 8.00. The zero-order valence-electron chi connectivity index (χ0n) is 12.5. The van der Waals surface area contributed by atoms with Crippen molar-refractivity contribution in [1.82, 2.24) is 5.32 Å². The van der Waals surface area contributed by atoms with Crippen molar-refractivity contribution in [3.8, 4) is 0 Å². The molecule has 2 aromatic carbocycles. The van der Waals surface area contributed by atoms with Gasteiger partial charge in [0.05, 0.1) is 11.8 Å². The van der Waals surface area contributed by atoms with Gasteiger partial charge < -0.3 is 5.32 Å². The molecule has 0 unspecified atom stereocenters. The highest BCUT2D eigenvalue weighted by atomic mass is 32.2. The van der Waals surface area contributed by atoms with E-state index >= 15 is 0 Å². The van der Waals surface area contributed by atoms with E-state index in [1.807, 2.05) is 18.2 Å². The second-order valence-electron chi connectivity index (χ2n) is 5.04. The van der Waals surface area contributed by atoms with Crippen molar-refractivity contribution in [2.45, 2.75) is 31.2 Å². The molecule has 0 heterocycles. The predicted molar refractivity (Wildman–Crippen MR) is 89.5 cm³/mol. The van der Waals surface area contributed by atoms with E-state index in [-0.39, 0.29) is 11.9 Å². The fourth-order valence-corrected chi connectivity index (χ4v) is 2.84. The monoisotopic (exact) mass is 299 g/mol. The van der Waals surface area contributed by atoms with Crippen LogP contribution in [0.15, 0.2) is 59.5 Å². The lowest BCUT2D eigenvalue weighted by Crippen LogP contribution is -2.29. The average Bonchev–Trinajstić information content (AvgIpc) is 2.53. The van der Waals surface area contributed by atoms with Gasteiger partial charge in [0, 0.05) is 4.90 Å². The van der Waals surface area contributed by atoms with E-state index in [2.05, 4.69) is 55.6 Å². The number of carbonyl (C=O) groups excluding carboxylic acids is 1. The molecule has 0 saturated carbocycles. The van der Waals surface area contributed by atoms with Crippen molar-refractivity contribution in [1.29, 1.82) is 0 Å². The Kier molecular flexibility index (Phi) is 5.88. The summed E-state index contributed by atoms with van der Waals surface area (Å²) in [4.78, 5) is 13.2. The van der Waals surface area contributed by atoms with E-state index in [4.69, 9.17) is 0 Å². The first-order valence-corrected chi connectivity index (χ1v) is 8.21. The summed E-state index contributed by atoms with van der Waals surface area (Å²) in [6.45, 7) is 4.15. The van der Waals surface area contributed by atoms with Crippen LogP contribution in [0, 0.1) is 6.92 Å². The van der Waals surface area contributed by atoms with E-state index in [1.165, 1.54) is 5.56 Å². The van der Waals surface area contributed by atoms with Crippen LogP contribution in [0.5, 0.6) is 0 Å². The van der Waals surface area contributed by atoms with Crippen LogP contribution in [-0.4, -0.2) is 11.7 Å². The molecule has 1 atom stereocenters. The molecule has 2 rings (SSSR count). The van der Waals surface area contributed by atoms with Gasteiger partial charge in [0.1, 0.15) is 0 Å². The van der Waals surface area contributed by atoms with E-state index in [0.717, 1.165) is 16.9 Å². The van der Waals surface area contributed by atoms with Crippen LogP contribution in [0.3, 0.4) is 0 Å². The van der Waals surface area contributed by atoms with Crippen LogP contribution in [0.25, 0.3) is 0 Å². The molecule has 0 fully saturated rings. The van der Waals surface area contributed by atoms with Crippen molar-refractivity contribution in [3.05, 3.63) is 65.7 Å². The summed E-state index contributed by atoms with van der Waals surface area (Å²) in [7, 11) is 0. The van der Waals surface area contributed by atoms with Gasteiger partial charge >= 0.3 is 0 Å².